The smallest absolute Gasteiger partial charge is 0.394 e. The molecule has 0 aromatic heterocycles. The van der Waals surface area contributed by atoms with Crippen molar-refractivity contribution in [2.75, 3.05) is 77.6 Å². The van der Waals surface area contributed by atoms with Crippen LogP contribution in [0.4, 0.5) is 11.4 Å². The lowest BCUT2D eigenvalue weighted by Gasteiger charge is -2.58. The second-order valence-electron chi connectivity index (χ2n) is 19.4. The van der Waals surface area contributed by atoms with E-state index in [1.165, 1.54) is 24.0 Å². The van der Waals surface area contributed by atoms with E-state index in [9.17, 15) is 9.59 Å². The molecule has 12 aliphatic rings. The Hall–Kier alpha value is -4.51. The number of nitrogens with zero attached hydrogens (tertiary/aromatic N) is 4. The number of rotatable bonds is 4. The molecule has 0 radical (unpaired) electrons. The molecule has 2 amide bonds. The number of hydrogen-bond acceptors (Lipinski definition) is 12. The summed E-state index contributed by atoms with van der Waals surface area (Å²) in [6, 6.07) is 9.74. The first kappa shape index (κ1) is 56.4. The maximum absolute atomic E-state index is 13.5. The number of carbonyl (C=O) groups is 2. The number of piperidine rings is 4. The average molecular weight is 1010 g/mol. The molecule has 23 nitrogen and oxygen atoms in total. The zero-order valence-electron chi connectivity index (χ0n) is 39.4. The van der Waals surface area contributed by atoms with Crippen molar-refractivity contribution in [3.8, 4) is 23.0 Å². The quantitative estimate of drug-likeness (QED) is 0.243. The minimum absolute atomic E-state index is 0. The Bertz CT molecular complexity index is 2370. The molecular weight excluding hydrogens is 945 g/mol. The number of ether oxygens (including phenoxy) is 6. The monoisotopic (exact) mass is 1010 g/mol. The van der Waals surface area contributed by atoms with Gasteiger partial charge in [0, 0.05) is 60.0 Å². The first-order valence-corrected chi connectivity index (χ1v) is 23.7. The number of methoxy groups -OCH3 is 4. The second-order valence-corrected chi connectivity index (χ2v) is 20.3. The number of hydrogen-bond donors (Lipinski definition) is 2. The molecule has 10 heterocycles. The highest BCUT2D eigenvalue weighted by Gasteiger charge is 2.73. The van der Waals surface area contributed by atoms with Crippen molar-refractivity contribution >= 4 is 33.6 Å². The van der Waals surface area contributed by atoms with Crippen molar-refractivity contribution in [3.05, 3.63) is 58.7 Å². The van der Waals surface area contributed by atoms with Crippen molar-refractivity contribution in [3.63, 3.8) is 0 Å². The van der Waals surface area contributed by atoms with Crippen LogP contribution in [0, 0.1) is 23.7 Å². The topological polar surface area (TPSA) is 398 Å². The van der Waals surface area contributed by atoms with E-state index in [0.29, 0.717) is 73.3 Å². The molecule has 2 spiro atoms. The van der Waals surface area contributed by atoms with E-state index in [4.69, 9.17) is 45.9 Å². The van der Waals surface area contributed by atoms with Crippen molar-refractivity contribution in [2.24, 2.45) is 23.7 Å². The van der Waals surface area contributed by atoms with Gasteiger partial charge in [0.05, 0.1) is 90.2 Å². The first-order chi connectivity index (χ1) is 30.3. The third-order valence-electron chi connectivity index (χ3n) is 17.6. The van der Waals surface area contributed by atoms with E-state index < -0.39 is 10.4 Å². The summed E-state index contributed by atoms with van der Waals surface area (Å²) in [7, 11) is 2.05. The maximum atomic E-state index is 13.5. The van der Waals surface area contributed by atoms with Crippen molar-refractivity contribution in [1.29, 1.82) is 0 Å². The Morgan fingerprint density at radius 2 is 0.929 bits per heavy atom. The molecule has 4 bridgehead atoms. The number of carbonyl (C=O) groups excluding carboxylic acids is 2. The maximum Gasteiger partial charge on any atom is 0.394 e. The van der Waals surface area contributed by atoms with Gasteiger partial charge < -0.3 is 76.6 Å². The van der Waals surface area contributed by atoms with Gasteiger partial charge in [0.15, 0.2) is 23.0 Å². The van der Waals surface area contributed by atoms with Gasteiger partial charge in [-0.1, -0.05) is 23.3 Å². The number of benzene rings is 2. The number of amides is 2. The lowest BCUT2D eigenvalue weighted by Crippen LogP contribution is -2.69. The fraction of sp³-hybridized carbons (Fsp3) is 0.609. The van der Waals surface area contributed by atoms with Gasteiger partial charge in [-0.3, -0.25) is 28.5 Å². The molecule has 2 aromatic carbocycles. The zero-order chi connectivity index (χ0) is 43.5. The lowest BCUT2D eigenvalue weighted by molar-refractivity contribution is -0.133. The van der Waals surface area contributed by atoms with Crippen LogP contribution >= 0.6 is 0 Å². The Balaban J connectivity index is 0.000000218. The third kappa shape index (κ3) is 7.36. The summed E-state index contributed by atoms with van der Waals surface area (Å²) in [6.07, 6.45) is 10.2. The van der Waals surface area contributed by atoms with Gasteiger partial charge in [0.25, 0.3) is 0 Å². The molecule has 2 unspecified atom stereocenters. The van der Waals surface area contributed by atoms with Crippen molar-refractivity contribution in [1.82, 2.24) is 9.80 Å². The predicted octanol–water partition coefficient (Wildman–Crippen LogP) is -2.21. The predicted molar refractivity (Wildman–Crippen MR) is 252 cm³/mol. The molecular formula is C46H68N4O19S. The van der Waals surface area contributed by atoms with Crippen LogP contribution in [0.3, 0.4) is 0 Å². The molecule has 6 saturated heterocycles. The SMILES string of the molecule is COc1cc2c(cc1OC)C13CCN4CC5=CCO[C@H]6CC(=O)N2[C@H]1[C@H]6[C@H]5C[C@H]43.COc1cc2c(cc1OC)C13CCN4CC5=CCO[C@H]6CC(=O)N2[C@H]1[C@H]6[C@H]5C[C@H]43.O.O.O.O.O.O.O.O=S(=O)(O)O. The molecule has 12 atom stereocenters. The average Bonchev–Trinajstić information content (AvgIpc) is 3.94. The summed E-state index contributed by atoms with van der Waals surface area (Å²) in [5, 5.41) is 0. The van der Waals surface area contributed by atoms with E-state index in [0.717, 1.165) is 61.9 Å². The van der Waals surface area contributed by atoms with Crippen LogP contribution in [-0.2, 0) is 40.3 Å². The van der Waals surface area contributed by atoms with Gasteiger partial charge >= 0.3 is 10.4 Å². The minimum Gasteiger partial charge on any atom is -0.493 e. The third-order valence-corrected chi connectivity index (χ3v) is 17.6. The van der Waals surface area contributed by atoms with Crippen LogP contribution in [-0.4, -0.2) is 182 Å². The van der Waals surface area contributed by atoms with Gasteiger partial charge in [0.1, 0.15) is 0 Å². The summed E-state index contributed by atoms with van der Waals surface area (Å²) in [5.41, 5.74) is 7.70. The molecule has 14 rings (SSSR count). The Morgan fingerprint density at radius 3 is 1.27 bits per heavy atom. The molecule has 24 heteroatoms. The summed E-state index contributed by atoms with van der Waals surface area (Å²) in [4.78, 5) is 36.5. The summed E-state index contributed by atoms with van der Waals surface area (Å²) < 4.78 is 66.8. The molecule has 10 aliphatic heterocycles. The van der Waals surface area contributed by atoms with Crippen LogP contribution < -0.4 is 28.7 Å². The molecule has 70 heavy (non-hydrogen) atoms. The molecule has 2 saturated carbocycles. The molecule has 16 N–H and O–H groups in total. The number of fused-ring (bicyclic) bond motifs is 4. The molecule has 392 valence electrons. The zero-order valence-corrected chi connectivity index (χ0v) is 40.2. The first-order valence-electron chi connectivity index (χ1n) is 22.3. The fourth-order valence-corrected chi connectivity index (χ4v) is 15.7. The second kappa shape index (κ2) is 19.5. The molecule has 2 aliphatic carbocycles. The highest BCUT2D eigenvalue weighted by atomic mass is 32.3. The Kier molecular flexibility index (Phi) is 15.7. The van der Waals surface area contributed by atoms with Gasteiger partial charge in [-0.05, 0) is 73.9 Å². The van der Waals surface area contributed by atoms with Gasteiger partial charge in [0.2, 0.25) is 11.8 Å². The number of anilines is 2. The summed E-state index contributed by atoms with van der Waals surface area (Å²) >= 11 is 0. The standard InChI is InChI=1S/2C23H26N2O4.H2O4S.7H2O/c2*1-27-16-8-14-15(9-17(16)28-2)25-20(26)10-18-21-13-7-19-23(14,22(21)25)4-5-24(19)11-12(13)3-6-29-18;1-5(2,3)4;;;;;;;/h2*3,8-9,13,18-19,21-22H,4-7,10-11H2,1-2H3;(H2,1,2,3,4);7*1H2/t2*13-,18-,19-,21-,22-,23?;;;;;;;;/m00......../s1. The van der Waals surface area contributed by atoms with E-state index in [2.05, 4.69) is 43.9 Å². The van der Waals surface area contributed by atoms with Gasteiger partial charge in [-0.25, -0.2) is 0 Å². The van der Waals surface area contributed by atoms with E-state index >= 15 is 0 Å². The summed E-state index contributed by atoms with van der Waals surface area (Å²) in [5.74, 6) is 5.15. The fourth-order valence-electron chi connectivity index (χ4n) is 15.7. The van der Waals surface area contributed by atoms with Crippen LogP contribution in [0.25, 0.3) is 0 Å². The van der Waals surface area contributed by atoms with E-state index in [1.807, 2.05) is 12.1 Å². The van der Waals surface area contributed by atoms with Crippen LogP contribution in [0.1, 0.15) is 49.7 Å². The normalized spacial score (nSPS) is 34.8. The van der Waals surface area contributed by atoms with Gasteiger partial charge in [-0.15, -0.1) is 0 Å². The highest BCUT2D eigenvalue weighted by molar-refractivity contribution is 7.79. The minimum atomic E-state index is -4.67. The van der Waals surface area contributed by atoms with Gasteiger partial charge in [-0.2, -0.15) is 8.42 Å². The lowest BCUT2D eigenvalue weighted by atomic mass is 9.53. The largest absolute Gasteiger partial charge is 0.493 e. The van der Waals surface area contributed by atoms with Crippen LogP contribution in [0.15, 0.2) is 47.6 Å². The Morgan fingerprint density at radius 1 is 0.586 bits per heavy atom. The van der Waals surface area contributed by atoms with Crippen LogP contribution in [0.2, 0.25) is 0 Å². The van der Waals surface area contributed by atoms with E-state index in [1.54, 1.807) is 39.6 Å². The Labute approximate surface area is 404 Å². The highest BCUT2D eigenvalue weighted by Crippen LogP contribution is 2.68. The summed E-state index contributed by atoms with van der Waals surface area (Å²) in [6.45, 7) is 5.61. The van der Waals surface area contributed by atoms with Crippen LogP contribution in [0.5, 0.6) is 23.0 Å². The van der Waals surface area contributed by atoms with E-state index in [-0.39, 0.29) is 85.3 Å². The molecule has 8 fully saturated rings. The molecule has 2 aromatic rings. The van der Waals surface area contributed by atoms with Crippen molar-refractivity contribution < 1.29 is 93.9 Å². The van der Waals surface area contributed by atoms with Crippen molar-refractivity contribution in [2.45, 2.75) is 85.7 Å².